The van der Waals surface area contributed by atoms with Gasteiger partial charge in [-0.1, -0.05) is 39.5 Å². The maximum atomic E-state index is 6.67. The predicted molar refractivity (Wildman–Crippen MR) is 79.2 cm³/mol. The van der Waals surface area contributed by atoms with Gasteiger partial charge in [0.15, 0.2) is 0 Å². The highest BCUT2D eigenvalue weighted by atomic mass is 16.5. The molecule has 3 fully saturated rings. The van der Waals surface area contributed by atoms with Gasteiger partial charge in [-0.3, -0.25) is 0 Å². The summed E-state index contributed by atoms with van der Waals surface area (Å²) in [7, 11) is 0. The van der Waals surface area contributed by atoms with Gasteiger partial charge < -0.3 is 10.1 Å². The summed E-state index contributed by atoms with van der Waals surface area (Å²) in [6.07, 6.45) is 11.5. The van der Waals surface area contributed by atoms with Crippen LogP contribution in [0.3, 0.4) is 0 Å². The summed E-state index contributed by atoms with van der Waals surface area (Å²) in [5.41, 5.74) is 0.161. The van der Waals surface area contributed by atoms with E-state index in [4.69, 9.17) is 4.74 Å². The summed E-state index contributed by atoms with van der Waals surface area (Å²) in [6.45, 7) is 6.98. The first-order valence-corrected chi connectivity index (χ1v) is 8.56. The highest BCUT2D eigenvalue weighted by Gasteiger charge is 2.44. The van der Waals surface area contributed by atoms with E-state index in [0.29, 0.717) is 6.10 Å². The summed E-state index contributed by atoms with van der Waals surface area (Å²) in [5, 5.41) is 3.69. The molecular formula is C17H31NO. The van der Waals surface area contributed by atoms with Crippen molar-refractivity contribution >= 4 is 0 Å². The van der Waals surface area contributed by atoms with Crippen molar-refractivity contribution in [2.24, 2.45) is 17.8 Å². The minimum absolute atomic E-state index is 0.161. The Kier molecular flexibility index (Phi) is 4.19. The molecule has 0 aromatic carbocycles. The molecule has 0 aromatic rings. The molecule has 2 saturated carbocycles. The fourth-order valence-electron chi connectivity index (χ4n) is 4.72. The maximum Gasteiger partial charge on any atom is 0.0836 e. The molecule has 0 bridgehead atoms. The van der Waals surface area contributed by atoms with E-state index in [0.717, 1.165) is 30.8 Å². The molecule has 110 valence electrons. The van der Waals surface area contributed by atoms with Gasteiger partial charge in [-0.15, -0.1) is 0 Å². The monoisotopic (exact) mass is 265 g/mol. The molecule has 1 spiro atoms. The minimum Gasteiger partial charge on any atom is -0.369 e. The second-order valence-corrected chi connectivity index (χ2v) is 7.60. The van der Waals surface area contributed by atoms with Crippen molar-refractivity contribution in [1.29, 1.82) is 0 Å². The number of nitrogens with one attached hydrogen (secondary N) is 1. The standard InChI is InChI=1S/C17H31NO/c1-13-7-8-17(14(2)9-13)12-18-11-16(19-17)10-15-5-3-4-6-15/h13-16,18H,3-12H2,1-2H3. The van der Waals surface area contributed by atoms with Crippen LogP contribution in [0.4, 0.5) is 0 Å². The fraction of sp³-hybridized carbons (Fsp3) is 1.00. The van der Waals surface area contributed by atoms with E-state index in [1.807, 2.05) is 0 Å². The largest absolute Gasteiger partial charge is 0.369 e. The van der Waals surface area contributed by atoms with Crippen LogP contribution in [-0.4, -0.2) is 24.8 Å². The highest BCUT2D eigenvalue weighted by Crippen LogP contribution is 2.42. The van der Waals surface area contributed by atoms with Crippen molar-refractivity contribution in [3.8, 4) is 0 Å². The summed E-state index contributed by atoms with van der Waals surface area (Å²) in [4.78, 5) is 0. The number of rotatable bonds is 2. The van der Waals surface area contributed by atoms with Gasteiger partial charge in [0.1, 0.15) is 0 Å². The lowest BCUT2D eigenvalue weighted by Gasteiger charge is -2.49. The van der Waals surface area contributed by atoms with Gasteiger partial charge in [-0.2, -0.15) is 0 Å². The second kappa shape index (κ2) is 5.73. The van der Waals surface area contributed by atoms with Crippen molar-refractivity contribution in [3.63, 3.8) is 0 Å². The zero-order valence-corrected chi connectivity index (χ0v) is 12.8. The zero-order chi connectivity index (χ0) is 13.3. The van der Waals surface area contributed by atoms with Crippen molar-refractivity contribution in [2.45, 2.75) is 76.9 Å². The van der Waals surface area contributed by atoms with Crippen LogP contribution in [0.1, 0.15) is 65.2 Å². The van der Waals surface area contributed by atoms with Crippen LogP contribution in [0.25, 0.3) is 0 Å². The zero-order valence-electron chi connectivity index (χ0n) is 12.8. The van der Waals surface area contributed by atoms with Crippen molar-refractivity contribution in [2.75, 3.05) is 13.1 Å². The van der Waals surface area contributed by atoms with E-state index in [9.17, 15) is 0 Å². The van der Waals surface area contributed by atoms with Crippen molar-refractivity contribution in [1.82, 2.24) is 5.32 Å². The van der Waals surface area contributed by atoms with Gasteiger partial charge in [0.2, 0.25) is 0 Å². The Morgan fingerprint density at radius 1 is 1.16 bits per heavy atom. The van der Waals surface area contributed by atoms with Gasteiger partial charge in [0.05, 0.1) is 11.7 Å². The van der Waals surface area contributed by atoms with E-state index < -0.39 is 0 Å². The molecule has 1 N–H and O–H groups in total. The SMILES string of the molecule is CC1CCC2(CNCC(CC3CCCC3)O2)C(C)C1. The summed E-state index contributed by atoms with van der Waals surface area (Å²) in [6, 6.07) is 0. The molecule has 0 amide bonds. The molecule has 2 aliphatic carbocycles. The number of morpholine rings is 1. The van der Waals surface area contributed by atoms with Crippen molar-refractivity contribution in [3.05, 3.63) is 0 Å². The third-order valence-electron chi connectivity index (χ3n) is 5.98. The molecule has 1 saturated heterocycles. The molecule has 4 unspecified atom stereocenters. The van der Waals surface area contributed by atoms with Gasteiger partial charge in [0, 0.05) is 13.1 Å². The molecule has 2 heteroatoms. The lowest BCUT2D eigenvalue weighted by Crippen LogP contribution is -2.59. The van der Waals surface area contributed by atoms with E-state index in [1.54, 1.807) is 0 Å². The normalized spacial score (nSPS) is 44.8. The Morgan fingerprint density at radius 3 is 2.68 bits per heavy atom. The van der Waals surface area contributed by atoms with Crippen LogP contribution in [0.15, 0.2) is 0 Å². The Bertz CT molecular complexity index is 300. The molecule has 19 heavy (non-hydrogen) atoms. The number of hydrogen-bond acceptors (Lipinski definition) is 2. The van der Waals surface area contributed by atoms with Crippen LogP contribution in [-0.2, 0) is 4.74 Å². The number of hydrogen-bond donors (Lipinski definition) is 1. The highest BCUT2D eigenvalue weighted by molar-refractivity contribution is 4.97. The smallest absolute Gasteiger partial charge is 0.0836 e. The van der Waals surface area contributed by atoms with E-state index >= 15 is 0 Å². The number of ether oxygens (including phenoxy) is 1. The maximum absolute atomic E-state index is 6.67. The van der Waals surface area contributed by atoms with Crippen molar-refractivity contribution < 1.29 is 4.74 Å². The first-order chi connectivity index (χ1) is 9.18. The first kappa shape index (κ1) is 13.9. The molecule has 3 rings (SSSR count). The average molecular weight is 265 g/mol. The molecule has 0 radical (unpaired) electrons. The molecule has 1 heterocycles. The van der Waals surface area contributed by atoms with Crippen LogP contribution in [0.5, 0.6) is 0 Å². The Morgan fingerprint density at radius 2 is 1.95 bits per heavy atom. The third kappa shape index (κ3) is 3.00. The molecule has 3 aliphatic rings. The minimum atomic E-state index is 0.161. The molecule has 0 aromatic heterocycles. The summed E-state index contributed by atoms with van der Waals surface area (Å²) >= 11 is 0. The van der Waals surface area contributed by atoms with Gasteiger partial charge >= 0.3 is 0 Å². The van der Waals surface area contributed by atoms with Crippen LogP contribution in [0, 0.1) is 17.8 Å². The summed E-state index contributed by atoms with van der Waals surface area (Å²) in [5.74, 6) is 2.55. The average Bonchev–Trinajstić information content (AvgIpc) is 2.88. The first-order valence-electron chi connectivity index (χ1n) is 8.56. The quantitative estimate of drug-likeness (QED) is 0.821. The van der Waals surface area contributed by atoms with E-state index in [-0.39, 0.29) is 5.60 Å². The lowest BCUT2D eigenvalue weighted by molar-refractivity contribution is -0.169. The summed E-state index contributed by atoms with van der Waals surface area (Å²) < 4.78 is 6.67. The van der Waals surface area contributed by atoms with Gasteiger partial charge in [-0.25, -0.2) is 0 Å². The van der Waals surface area contributed by atoms with E-state index in [1.165, 1.54) is 51.4 Å². The van der Waals surface area contributed by atoms with Crippen LogP contribution in [0.2, 0.25) is 0 Å². The Hall–Kier alpha value is -0.0800. The van der Waals surface area contributed by atoms with Crippen LogP contribution >= 0.6 is 0 Å². The Labute approximate surface area is 118 Å². The van der Waals surface area contributed by atoms with Crippen LogP contribution < -0.4 is 5.32 Å². The lowest BCUT2D eigenvalue weighted by atomic mass is 9.71. The fourth-order valence-corrected chi connectivity index (χ4v) is 4.72. The van der Waals surface area contributed by atoms with Gasteiger partial charge in [0.25, 0.3) is 0 Å². The predicted octanol–water partition coefficient (Wildman–Crippen LogP) is 3.75. The Balaban J connectivity index is 1.60. The topological polar surface area (TPSA) is 21.3 Å². The van der Waals surface area contributed by atoms with E-state index in [2.05, 4.69) is 19.2 Å². The molecule has 4 atom stereocenters. The third-order valence-corrected chi connectivity index (χ3v) is 5.98. The molecule has 2 nitrogen and oxygen atoms in total. The van der Waals surface area contributed by atoms with Gasteiger partial charge in [-0.05, 0) is 43.4 Å². The second-order valence-electron chi connectivity index (χ2n) is 7.60. The molecular weight excluding hydrogens is 234 g/mol. The molecule has 1 aliphatic heterocycles.